The van der Waals surface area contributed by atoms with Crippen LogP contribution in [-0.4, -0.2) is 110 Å². The molecule has 4 heterocycles. The maximum absolute atomic E-state index is 11.6. The third-order valence-corrected chi connectivity index (χ3v) is 9.73. The summed E-state index contributed by atoms with van der Waals surface area (Å²) in [6.45, 7) is 6.06. The van der Waals surface area contributed by atoms with Crippen molar-refractivity contribution in [3.05, 3.63) is 48.7 Å². The zero-order valence-corrected chi connectivity index (χ0v) is 28.5. The number of ether oxygens (including phenoxy) is 3. The van der Waals surface area contributed by atoms with Crippen LogP contribution in [0.15, 0.2) is 43.1 Å². The van der Waals surface area contributed by atoms with E-state index in [4.69, 9.17) is 19.3 Å². The third-order valence-electron chi connectivity index (χ3n) is 8.70. The van der Waals surface area contributed by atoms with Gasteiger partial charge in [0.05, 0.1) is 49.9 Å². The summed E-state index contributed by atoms with van der Waals surface area (Å²) in [7, 11) is -3.10. The lowest BCUT2D eigenvalue weighted by atomic mass is 9.90. The number of hydrogen-bond acceptors (Lipinski definition) is 14. The van der Waals surface area contributed by atoms with Gasteiger partial charge in [-0.25, -0.2) is 23.1 Å². The van der Waals surface area contributed by atoms with Gasteiger partial charge in [0, 0.05) is 43.3 Å². The Hall–Kier alpha value is -4.66. The van der Waals surface area contributed by atoms with Crippen LogP contribution < -0.4 is 14.8 Å². The van der Waals surface area contributed by atoms with E-state index in [0.717, 1.165) is 63.1 Å². The summed E-state index contributed by atoms with van der Waals surface area (Å²) >= 11 is 0. The summed E-state index contributed by atoms with van der Waals surface area (Å²) < 4.78 is 44.4. The Morgan fingerprint density at radius 2 is 1.86 bits per heavy atom. The van der Waals surface area contributed by atoms with Gasteiger partial charge in [0.1, 0.15) is 39.8 Å². The summed E-state index contributed by atoms with van der Waals surface area (Å²) in [5, 5.41) is 28.8. The predicted molar refractivity (Wildman–Crippen MR) is 179 cm³/mol. The summed E-state index contributed by atoms with van der Waals surface area (Å²) in [5.41, 5.74) is 2.53. The quantitative estimate of drug-likeness (QED) is 0.190. The number of aromatic nitrogens is 8. The summed E-state index contributed by atoms with van der Waals surface area (Å²) in [4.78, 5) is 11.6. The standard InChI is InChI=1S/C32H41N11O5S/c1-23(20-42-22-36-39-40-42)48-30-16-24(4-5-25(30)17-33)26-18-34-32(35-19-26)37-29-21-43(38-31(29)47-12-3-15-49(2,44)45)28-8-6-27(7-9-28)41-10-13-46-14-11-41/h4-5,16,18-19,21-23,27-28H,3,6-15,20H2,1-2H3,(H,34,35,37)/t23-,27?,28?/m0/s1. The molecule has 1 atom stereocenters. The van der Waals surface area contributed by atoms with Crippen molar-refractivity contribution < 1.29 is 22.6 Å². The smallest absolute Gasteiger partial charge is 0.256 e. The normalized spacial score (nSPS) is 19.2. The lowest BCUT2D eigenvalue weighted by Crippen LogP contribution is -2.45. The molecule has 1 aliphatic carbocycles. The van der Waals surface area contributed by atoms with Gasteiger partial charge in [-0.2, -0.15) is 5.26 Å². The van der Waals surface area contributed by atoms with Gasteiger partial charge < -0.3 is 19.5 Å². The van der Waals surface area contributed by atoms with Gasteiger partial charge in [-0.3, -0.25) is 9.58 Å². The minimum atomic E-state index is -3.10. The van der Waals surface area contributed by atoms with Crippen LogP contribution in [0, 0.1) is 11.3 Å². The van der Waals surface area contributed by atoms with Crippen molar-refractivity contribution in [2.24, 2.45) is 0 Å². The number of tetrazole rings is 1. The highest BCUT2D eigenvalue weighted by Gasteiger charge is 2.29. The fourth-order valence-electron chi connectivity index (χ4n) is 6.21. The minimum Gasteiger partial charge on any atom is -0.487 e. The highest BCUT2D eigenvalue weighted by atomic mass is 32.2. The first-order chi connectivity index (χ1) is 23.7. The van der Waals surface area contributed by atoms with Crippen molar-refractivity contribution in [2.45, 2.75) is 63.8 Å². The predicted octanol–water partition coefficient (Wildman–Crippen LogP) is 3.04. The Morgan fingerprint density at radius 3 is 2.55 bits per heavy atom. The molecule has 0 bridgehead atoms. The lowest BCUT2D eigenvalue weighted by molar-refractivity contribution is 0.00503. The van der Waals surface area contributed by atoms with Crippen LogP contribution in [0.1, 0.15) is 50.6 Å². The van der Waals surface area contributed by atoms with Gasteiger partial charge in [0.25, 0.3) is 5.88 Å². The lowest BCUT2D eigenvalue weighted by Gasteiger charge is -2.38. The summed E-state index contributed by atoms with van der Waals surface area (Å²) in [6, 6.07) is 8.28. The molecule has 4 aromatic rings. The number of anilines is 2. The monoisotopic (exact) mass is 691 g/mol. The first kappa shape index (κ1) is 34.2. The van der Waals surface area contributed by atoms with Crippen molar-refractivity contribution in [2.75, 3.05) is 50.2 Å². The third kappa shape index (κ3) is 9.28. The number of hydrogen-bond donors (Lipinski definition) is 1. The molecule has 16 nitrogen and oxygen atoms in total. The van der Waals surface area contributed by atoms with E-state index >= 15 is 0 Å². The summed E-state index contributed by atoms with van der Waals surface area (Å²) in [6.07, 6.45) is 12.2. The second-order valence-corrected chi connectivity index (χ2v) is 14.7. The molecule has 1 saturated carbocycles. The second kappa shape index (κ2) is 15.7. The van der Waals surface area contributed by atoms with Crippen LogP contribution in [-0.2, 0) is 21.1 Å². The first-order valence-corrected chi connectivity index (χ1v) is 18.5. The SMILES string of the molecule is C[C@@H](Cn1cnnn1)Oc1cc(-c2cnc(Nc3cn(C4CCC(N5CCOCC5)CC4)nc3OCCCS(C)(=O)=O)nc2)ccc1C#N. The van der Waals surface area contributed by atoms with E-state index in [1.165, 1.54) is 12.6 Å². The molecule has 0 amide bonds. The number of benzene rings is 1. The molecule has 0 unspecified atom stereocenters. The van der Waals surface area contributed by atoms with E-state index in [0.29, 0.717) is 47.8 Å². The van der Waals surface area contributed by atoms with Crippen molar-refractivity contribution >= 4 is 21.5 Å². The molecule has 1 saturated heterocycles. The number of nitriles is 1. The first-order valence-electron chi connectivity index (χ1n) is 16.5. The Bertz CT molecular complexity index is 1810. The molecule has 0 radical (unpaired) electrons. The Balaban J connectivity index is 1.14. The van der Waals surface area contributed by atoms with Crippen LogP contribution >= 0.6 is 0 Å². The molecule has 6 rings (SSSR count). The molecule has 3 aromatic heterocycles. The van der Waals surface area contributed by atoms with Crippen LogP contribution in [0.25, 0.3) is 11.1 Å². The highest BCUT2D eigenvalue weighted by molar-refractivity contribution is 7.90. The Morgan fingerprint density at radius 1 is 1.10 bits per heavy atom. The fourth-order valence-corrected chi connectivity index (χ4v) is 6.85. The molecule has 260 valence electrons. The molecule has 49 heavy (non-hydrogen) atoms. The Kier molecular flexibility index (Phi) is 11.0. The van der Waals surface area contributed by atoms with E-state index < -0.39 is 9.84 Å². The van der Waals surface area contributed by atoms with Gasteiger partial charge in [-0.15, -0.1) is 10.2 Å². The highest BCUT2D eigenvalue weighted by Crippen LogP contribution is 2.35. The van der Waals surface area contributed by atoms with E-state index in [1.807, 2.05) is 23.9 Å². The van der Waals surface area contributed by atoms with Gasteiger partial charge in [0.15, 0.2) is 0 Å². The number of nitrogens with one attached hydrogen (secondary N) is 1. The maximum atomic E-state index is 11.6. The molecular weight excluding hydrogens is 650 g/mol. The molecule has 2 aliphatic rings. The van der Waals surface area contributed by atoms with Gasteiger partial charge in [0.2, 0.25) is 5.95 Å². The number of sulfone groups is 1. The number of nitrogens with zero attached hydrogens (tertiary/aromatic N) is 10. The number of morpholine rings is 1. The molecule has 2 fully saturated rings. The molecule has 1 aromatic carbocycles. The molecule has 1 aliphatic heterocycles. The minimum absolute atomic E-state index is 0.0346. The Labute approximate surface area is 285 Å². The molecule has 0 spiro atoms. The van der Waals surface area contributed by atoms with Gasteiger partial charge in [-0.05, 0) is 67.2 Å². The van der Waals surface area contributed by atoms with Crippen LogP contribution in [0.2, 0.25) is 0 Å². The van der Waals surface area contributed by atoms with Gasteiger partial charge >= 0.3 is 0 Å². The zero-order valence-electron chi connectivity index (χ0n) is 27.7. The summed E-state index contributed by atoms with van der Waals surface area (Å²) in [5.74, 6) is 1.20. The van der Waals surface area contributed by atoms with Crippen molar-refractivity contribution in [3.8, 4) is 28.8 Å². The number of rotatable bonds is 14. The maximum Gasteiger partial charge on any atom is 0.256 e. The van der Waals surface area contributed by atoms with Crippen LogP contribution in [0.4, 0.5) is 11.6 Å². The van der Waals surface area contributed by atoms with Crippen molar-refractivity contribution in [3.63, 3.8) is 0 Å². The van der Waals surface area contributed by atoms with E-state index in [1.54, 1.807) is 29.2 Å². The van der Waals surface area contributed by atoms with Crippen molar-refractivity contribution in [1.82, 2.24) is 44.9 Å². The topological polar surface area (TPSA) is 188 Å². The van der Waals surface area contributed by atoms with Crippen LogP contribution in [0.5, 0.6) is 11.6 Å². The largest absolute Gasteiger partial charge is 0.487 e. The fraction of sp³-hybridized carbons (Fsp3) is 0.531. The average molecular weight is 692 g/mol. The second-order valence-electron chi connectivity index (χ2n) is 12.5. The van der Waals surface area contributed by atoms with E-state index in [9.17, 15) is 13.7 Å². The molecular formula is C32H41N11O5S. The van der Waals surface area contributed by atoms with Gasteiger partial charge in [-0.1, -0.05) is 6.07 Å². The van der Waals surface area contributed by atoms with E-state index in [-0.39, 0.29) is 24.5 Å². The zero-order chi connectivity index (χ0) is 34.2. The molecule has 17 heteroatoms. The van der Waals surface area contributed by atoms with Crippen LogP contribution in [0.3, 0.4) is 0 Å². The van der Waals surface area contributed by atoms with Crippen molar-refractivity contribution in [1.29, 1.82) is 5.26 Å². The molecule has 1 N–H and O–H groups in total. The average Bonchev–Trinajstić information content (AvgIpc) is 3.77. The van der Waals surface area contributed by atoms with E-state index in [2.05, 4.69) is 41.8 Å².